The summed E-state index contributed by atoms with van der Waals surface area (Å²) in [6.07, 6.45) is 0.591. The molecule has 30 heavy (non-hydrogen) atoms. The first-order chi connectivity index (χ1) is 14.3. The highest BCUT2D eigenvalue weighted by atomic mass is 16.6. The molecule has 1 heterocycles. The number of rotatable bonds is 8. The number of benzene rings is 1. The van der Waals surface area contributed by atoms with Crippen LogP contribution in [0.25, 0.3) is 0 Å². The van der Waals surface area contributed by atoms with Gasteiger partial charge in [0.25, 0.3) is 0 Å². The molecule has 1 aliphatic rings. The molecule has 1 fully saturated rings. The summed E-state index contributed by atoms with van der Waals surface area (Å²) in [5.41, 5.74) is 0.855. The number of carbonyl (C=O) groups excluding carboxylic acids is 4. The zero-order valence-electron chi connectivity index (χ0n) is 17.6. The first-order valence-corrected chi connectivity index (χ1v) is 9.95. The molecule has 0 saturated carbocycles. The Hall–Kier alpha value is -3.10. The molecular weight excluding hydrogens is 390 g/mol. The Morgan fingerprint density at radius 3 is 2.50 bits per heavy atom. The van der Waals surface area contributed by atoms with E-state index in [1.165, 1.54) is 12.0 Å². The van der Waals surface area contributed by atoms with Gasteiger partial charge in [0.15, 0.2) is 0 Å². The summed E-state index contributed by atoms with van der Waals surface area (Å²) in [4.78, 5) is 50.3. The Morgan fingerprint density at radius 2 is 1.87 bits per heavy atom. The summed E-state index contributed by atoms with van der Waals surface area (Å²) in [6, 6.07) is 7.73. The molecule has 2 atom stereocenters. The lowest BCUT2D eigenvalue weighted by molar-refractivity contribution is -0.141. The molecule has 2 rings (SSSR count). The van der Waals surface area contributed by atoms with E-state index in [1.54, 1.807) is 13.8 Å². The van der Waals surface area contributed by atoms with Crippen LogP contribution in [0.15, 0.2) is 30.3 Å². The van der Waals surface area contributed by atoms with Gasteiger partial charge in [-0.15, -0.1) is 0 Å². The molecule has 0 aliphatic carbocycles. The molecular formula is C21H29N3O6. The van der Waals surface area contributed by atoms with Gasteiger partial charge >= 0.3 is 12.1 Å². The minimum atomic E-state index is -0.843. The van der Waals surface area contributed by atoms with Gasteiger partial charge in [0, 0.05) is 6.54 Å². The molecule has 2 N–H and O–H groups in total. The Bertz CT molecular complexity index is 752. The van der Waals surface area contributed by atoms with Gasteiger partial charge in [-0.05, 0) is 24.3 Å². The Labute approximate surface area is 176 Å². The molecule has 0 bridgehead atoms. The normalized spacial score (nSPS) is 16.7. The summed E-state index contributed by atoms with van der Waals surface area (Å²) >= 11 is 0. The highest BCUT2D eigenvalue weighted by molar-refractivity contribution is 5.92. The number of ether oxygens (including phenoxy) is 2. The molecule has 0 radical (unpaired) electrons. The average Bonchev–Trinajstić information content (AvgIpc) is 3.24. The standard InChI is InChI=1S/C21H29N3O6/c1-14(2)18(20(27)22-12-17(25)29-3)23-19(26)16-10-7-11-24(16)21(28)30-13-15-8-5-4-6-9-15/h4-6,8-9,14,16,18H,7,10-13H2,1-3H3,(H,22,27)(H,23,26)/t16-,18-/m1/s1. The lowest BCUT2D eigenvalue weighted by Crippen LogP contribution is -2.55. The topological polar surface area (TPSA) is 114 Å². The second-order valence-electron chi connectivity index (χ2n) is 7.42. The molecule has 3 amide bonds. The first-order valence-electron chi connectivity index (χ1n) is 9.95. The number of amides is 3. The van der Waals surface area contributed by atoms with Gasteiger partial charge in [0.2, 0.25) is 11.8 Å². The molecule has 9 heteroatoms. The molecule has 0 unspecified atom stereocenters. The number of nitrogens with one attached hydrogen (secondary N) is 2. The van der Waals surface area contributed by atoms with Crippen LogP contribution in [-0.4, -0.2) is 61.1 Å². The van der Waals surface area contributed by atoms with Gasteiger partial charge in [-0.25, -0.2) is 4.79 Å². The fourth-order valence-electron chi connectivity index (χ4n) is 3.19. The van der Waals surface area contributed by atoms with Crippen molar-refractivity contribution in [3.63, 3.8) is 0 Å². The number of methoxy groups -OCH3 is 1. The molecule has 0 spiro atoms. The van der Waals surface area contributed by atoms with E-state index in [2.05, 4.69) is 15.4 Å². The Morgan fingerprint density at radius 1 is 1.17 bits per heavy atom. The van der Waals surface area contributed by atoms with Crippen LogP contribution < -0.4 is 10.6 Å². The number of likely N-dealkylation sites (tertiary alicyclic amines) is 1. The summed E-state index contributed by atoms with van der Waals surface area (Å²) in [6.45, 7) is 3.81. The number of hydrogen-bond acceptors (Lipinski definition) is 6. The predicted molar refractivity (Wildman–Crippen MR) is 108 cm³/mol. The maximum Gasteiger partial charge on any atom is 0.410 e. The Kier molecular flexibility index (Phi) is 8.64. The van der Waals surface area contributed by atoms with Gasteiger partial charge < -0.3 is 20.1 Å². The SMILES string of the molecule is COC(=O)CNC(=O)[C@H](NC(=O)[C@H]1CCCN1C(=O)OCc1ccccc1)C(C)C. The van der Waals surface area contributed by atoms with Crippen molar-refractivity contribution in [2.45, 2.75) is 45.4 Å². The van der Waals surface area contributed by atoms with Crippen LogP contribution in [0.1, 0.15) is 32.3 Å². The zero-order chi connectivity index (χ0) is 22.1. The van der Waals surface area contributed by atoms with Crippen LogP contribution in [0.5, 0.6) is 0 Å². The molecule has 1 aliphatic heterocycles. The van der Waals surface area contributed by atoms with Gasteiger partial charge in [0.05, 0.1) is 7.11 Å². The average molecular weight is 419 g/mol. The third-order valence-electron chi connectivity index (χ3n) is 4.88. The van der Waals surface area contributed by atoms with Crippen molar-refractivity contribution in [2.24, 2.45) is 5.92 Å². The monoisotopic (exact) mass is 419 g/mol. The van der Waals surface area contributed by atoms with Gasteiger partial charge in [-0.1, -0.05) is 44.2 Å². The van der Waals surface area contributed by atoms with Crippen molar-refractivity contribution >= 4 is 23.9 Å². The van der Waals surface area contributed by atoms with E-state index in [4.69, 9.17) is 4.74 Å². The second kappa shape index (κ2) is 11.2. The van der Waals surface area contributed by atoms with Gasteiger partial charge in [-0.2, -0.15) is 0 Å². The van der Waals surface area contributed by atoms with E-state index in [0.29, 0.717) is 19.4 Å². The number of nitrogens with zero attached hydrogens (tertiary/aromatic N) is 1. The molecule has 9 nitrogen and oxygen atoms in total. The fourth-order valence-corrected chi connectivity index (χ4v) is 3.19. The molecule has 0 aromatic heterocycles. The number of esters is 1. The number of hydrogen-bond donors (Lipinski definition) is 2. The second-order valence-corrected chi connectivity index (χ2v) is 7.42. The van der Waals surface area contributed by atoms with Crippen molar-refractivity contribution in [3.8, 4) is 0 Å². The lowest BCUT2D eigenvalue weighted by atomic mass is 10.0. The van der Waals surface area contributed by atoms with Crippen LogP contribution in [-0.2, 0) is 30.5 Å². The van der Waals surface area contributed by atoms with Crippen molar-refractivity contribution in [1.29, 1.82) is 0 Å². The highest BCUT2D eigenvalue weighted by Crippen LogP contribution is 2.20. The van der Waals surface area contributed by atoms with Crippen LogP contribution in [0.2, 0.25) is 0 Å². The van der Waals surface area contributed by atoms with Crippen molar-refractivity contribution < 1.29 is 28.7 Å². The molecule has 1 aromatic rings. The summed E-state index contributed by atoms with van der Waals surface area (Å²) in [5, 5.41) is 5.16. The molecule has 1 aromatic carbocycles. The highest BCUT2D eigenvalue weighted by Gasteiger charge is 2.37. The van der Waals surface area contributed by atoms with Crippen LogP contribution in [0.3, 0.4) is 0 Å². The molecule has 164 valence electrons. The van der Waals surface area contributed by atoms with E-state index in [0.717, 1.165) is 5.56 Å². The fraction of sp³-hybridized carbons (Fsp3) is 0.524. The third-order valence-corrected chi connectivity index (χ3v) is 4.88. The van der Waals surface area contributed by atoms with Crippen molar-refractivity contribution in [3.05, 3.63) is 35.9 Å². The van der Waals surface area contributed by atoms with Gasteiger partial charge in [-0.3, -0.25) is 19.3 Å². The smallest absolute Gasteiger partial charge is 0.410 e. The summed E-state index contributed by atoms with van der Waals surface area (Å²) in [7, 11) is 1.22. The van der Waals surface area contributed by atoms with E-state index < -0.39 is 36.0 Å². The minimum Gasteiger partial charge on any atom is -0.468 e. The zero-order valence-corrected chi connectivity index (χ0v) is 17.6. The quantitative estimate of drug-likeness (QED) is 0.613. The van der Waals surface area contributed by atoms with E-state index >= 15 is 0 Å². The maximum atomic E-state index is 12.8. The van der Waals surface area contributed by atoms with Crippen LogP contribution >= 0.6 is 0 Å². The predicted octanol–water partition coefficient (Wildman–Crippen LogP) is 1.22. The molecule has 1 saturated heterocycles. The maximum absolute atomic E-state index is 12.8. The number of carbonyl (C=O) groups is 4. The Balaban J connectivity index is 1.94. The van der Waals surface area contributed by atoms with E-state index in [1.807, 2.05) is 30.3 Å². The first kappa shape index (κ1) is 23.2. The van der Waals surface area contributed by atoms with Crippen molar-refractivity contribution in [2.75, 3.05) is 20.2 Å². The van der Waals surface area contributed by atoms with Gasteiger partial charge in [0.1, 0.15) is 25.2 Å². The van der Waals surface area contributed by atoms with Crippen LogP contribution in [0, 0.1) is 5.92 Å². The third kappa shape index (κ3) is 6.47. The van der Waals surface area contributed by atoms with Crippen molar-refractivity contribution in [1.82, 2.24) is 15.5 Å². The largest absolute Gasteiger partial charge is 0.468 e. The van der Waals surface area contributed by atoms with E-state index in [9.17, 15) is 19.2 Å². The summed E-state index contributed by atoms with van der Waals surface area (Å²) in [5.74, 6) is -1.71. The summed E-state index contributed by atoms with van der Waals surface area (Å²) < 4.78 is 9.85. The van der Waals surface area contributed by atoms with E-state index in [-0.39, 0.29) is 19.1 Å². The minimum absolute atomic E-state index is 0.120. The van der Waals surface area contributed by atoms with Crippen LogP contribution in [0.4, 0.5) is 4.79 Å². The lowest BCUT2D eigenvalue weighted by Gasteiger charge is -2.27.